The zero-order chi connectivity index (χ0) is 23.6. The lowest BCUT2D eigenvalue weighted by molar-refractivity contribution is -0.198. The van der Waals surface area contributed by atoms with Gasteiger partial charge in [-0.05, 0) is 37.3 Å². The molecule has 1 aromatic carbocycles. The van der Waals surface area contributed by atoms with E-state index in [0.717, 1.165) is 44.2 Å². The summed E-state index contributed by atoms with van der Waals surface area (Å²) in [6.45, 7) is 2.06. The predicted octanol–water partition coefficient (Wildman–Crippen LogP) is 2.71. The number of likely N-dealkylation sites (tertiary alicyclic amines) is 1. The molecule has 3 heterocycles. The molecule has 2 aliphatic rings. The average Bonchev–Trinajstić information content (AvgIpc) is 2.88. The first kappa shape index (κ1) is 23.8. The highest BCUT2D eigenvalue weighted by atomic mass is 16.8. The monoisotopic (exact) mass is 465 g/mol. The zero-order valence-electron chi connectivity index (χ0n) is 19.2. The minimum absolute atomic E-state index is 0.120. The minimum atomic E-state index is -0.388. The van der Waals surface area contributed by atoms with Gasteiger partial charge in [0.15, 0.2) is 6.29 Å². The molecule has 2 saturated heterocycles. The fourth-order valence-electron chi connectivity index (χ4n) is 4.03. The van der Waals surface area contributed by atoms with Gasteiger partial charge in [-0.1, -0.05) is 30.3 Å². The van der Waals surface area contributed by atoms with Gasteiger partial charge in [-0.25, -0.2) is 15.3 Å². The van der Waals surface area contributed by atoms with E-state index in [0.29, 0.717) is 31.1 Å². The number of aromatic nitrogens is 2. The third-order valence-corrected chi connectivity index (χ3v) is 5.83. The summed E-state index contributed by atoms with van der Waals surface area (Å²) in [5, 5.41) is 3.37. The van der Waals surface area contributed by atoms with E-state index in [1.54, 1.807) is 18.5 Å². The van der Waals surface area contributed by atoms with Gasteiger partial charge in [0.25, 0.3) is 5.91 Å². The Morgan fingerprint density at radius 3 is 2.76 bits per heavy atom. The van der Waals surface area contributed by atoms with Crippen LogP contribution in [0.15, 0.2) is 48.8 Å². The number of anilines is 1. The van der Waals surface area contributed by atoms with Crippen LogP contribution in [0.2, 0.25) is 0 Å². The molecule has 180 valence electrons. The molecule has 1 aromatic heterocycles. The van der Waals surface area contributed by atoms with Crippen molar-refractivity contribution in [3.63, 3.8) is 0 Å². The number of carbonyl (C=O) groups is 2. The van der Waals surface area contributed by atoms with E-state index in [2.05, 4.69) is 20.8 Å². The van der Waals surface area contributed by atoms with Crippen LogP contribution in [0.5, 0.6) is 0 Å². The van der Waals surface area contributed by atoms with Gasteiger partial charge in [-0.15, -0.1) is 0 Å². The quantitative estimate of drug-likeness (QED) is 0.456. The third-order valence-electron chi connectivity index (χ3n) is 5.83. The van der Waals surface area contributed by atoms with Gasteiger partial charge >= 0.3 is 0 Å². The number of rotatable bonds is 8. The standard InChI is InChI=1S/C25H31N5O4/c31-23(29-34-25-10-4-5-14-33-25)12-11-20-16-27-22(17-26-20)28-21-9-6-13-30(18-21)24(32)15-19-7-2-1-3-8-19/h1-3,7-8,11-12,16-17,21,25H,4-6,9-10,13-15,18H2,(H,27,28)(H,29,31)/t21-,25?/m1/s1. The van der Waals surface area contributed by atoms with Crippen LogP contribution in [-0.4, -0.2) is 58.7 Å². The van der Waals surface area contributed by atoms with Crippen LogP contribution in [0, 0.1) is 0 Å². The number of piperidine rings is 1. The summed E-state index contributed by atoms with van der Waals surface area (Å²) in [4.78, 5) is 40.5. The number of ether oxygens (including phenoxy) is 1. The van der Waals surface area contributed by atoms with Crippen molar-refractivity contribution in [2.75, 3.05) is 25.0 Å². The first-order valence-electron chi connectivity index (χ1n) is 11.8. The van der Waals surface area contributed by atoms with E-state index < -0.39 is 0 Å². The van der Waals surface area contributed by atoms with Crippen LogP contribution in [-0.2, 0) is 25.6 Å². The van der Waals surface area contributed by atoms with Crippen molar-refractivity contribution >= 4 is 23.7 Å². The number of hydrogen-bond donors (Lipinski definition) is 2. The molecular weight excluding hydrogens is 434 g/mol. The molecule has 2 aliphatic heterocycles. The second kappa shape index (κ2) is 12.2. The van der Waals surface area contributed by atoms with Crippen molar-refractivity contribution < 1.29 is 19.2 Å². The maximum absolute atomic E-state index is 12.7. The smallest absolute Gasteiger partial charge is 0.267 e. The van der Waals surface area contributed by atoms with Gasteiger partial charge < -0.3 is 15.0 Å². The van der Waals surface area contributed by atoms with Gasteiger partial charge in [0.2, 0.25) is 5.91 Å². The van der Waals surface area contributed by atoms with Crippen molar-refractivity contribution in [1.29, 1.82) is 0 Å². The molecule has 0 spiro atoms. The van der Waals surface area contributed by atoms with E-state index in [9.17, 15) is 9.59 Å². The van der Waals surface area contributed by atoms with Crippen LogP contribution in [0.4, 0.5) is 5.82 Å². The third kappa shape index (κ3) is 7.36. The van der Waals surface area contributed by atoms with E-state index >= 15 is 0 Å². The largest absolute Gasteiger partial charge is 0.364 e. The zero-order valence-corrected chi connectivity index (χ0v) is 19.2. The van der Waals surface area contributed by atoms with Crippen molar-refractivity contribution in [3.8, 4) is 0 Å². The predicted molar refractivity (Wildman–Crippen MR) is 127 cm³/mol. The van der Waals surface area contributed by atoms with E-state index in [4.69, 9.17) is 9.57 Å². The summed E-state index contributed by atoms with van der Waals surface area (Å²) in [7, 11) is 0. The number of hydrogen-bond acceptors (Lipinski definition) is 7. The maximum Gasteiger partial charge on any atom is 0.267 e. The molecule has 9 nitrogen and oxygen atoms in total. The Hall–Kier alpha value is -3.30. The molecule has 0 radical (unpaired) electrons. The molecular formula is C25H31N5O4. The highest BCUT2D eigenvalue weighted by Gasteiger charge is 2.24. The van der Waals surface area contributed by atoms with Gasteiger partial charge in [-0.3, -0.25) is 14.6 Å². The van der Waals surface area contributed by atoms with Crippen LogP contribution in [0.25, 0.3) is 6.08 Å². The van der Waals surface area contributed by atoms with Crippen molar-refractivity contribution in [2.45, 2.75) is 50.9 Å². The molecule has 4 rings (SSSR count). The molecule has 0 aliphatic carbocycles. The summed E-state index contributed by atoms with van der Waals surface area (Å²) in [5.74, 6) is 0.393. The van der Waals surface area contributed by atoms with Crippen molar-refractivity contribution in [3.05, 3.63) is 60.1 Å². The summed E-state index contributed by atoms with van der Waals surface area (Å²) in [6.07, 6.45) is 10.9. The van der Waals surface area contributed by atoms with E-state index in [1.807, 2.05) is 35.2 Å². The molecule has 0 bridgehead atoms. The summed E-state index contributed by atoms with van der Waals surface area (Å²) in [5.41, 5.74) is 3.95. The van der Waals surface area contributed by atoms with Gasteiger partial charge in [-0.2, -0.15) is 0 Å². The number of nitrogens with zero attached hydrogens (tertiary/aromatic N) is 3. The first-order valence-corrected chi connectivity index (χ1v) is 11.8. The van der Waals surface area contributed by atoms with Crippen LogP contribution in [0.1, 0.15) is 43.4 Å². The lowest BCUT2D eigenvalue weighted by atomic mass is 10.0. The Balaban J connectivity index is 1.22. The Bertz CT molecular complexity index is 961. The normalized spacial score (nSPS) is 20.8. The molecule has 0 saturated carbocycles. The van der Waals surface area contributed by atoms with Crippen molar-refractivity contribution in [2.24, 2.45) is 0 Å². The summed E-state index contributed by atoms with van der Waals surface area (Å²) >= 11 is 0. The Kier molecular flexibility index (Phi) is 8.59. The summed E-state index contributed by atoms with van der Waals surface area (Å²) < 4.78 is 5.40. The average molecular weight is 466 g/mol. The Morgan fingerprint density at radius 2 is 2.00 bits per heavy atom. The van der Waals surface area contributed by atoms with E-state index in [1.165, 1.54) is 6.08 Å². The number of benzene rings is 1. The fourth-order valence-corrected chi connectivity index (χ4v) is 4.03. The number of hydroxylamine groups is 1. The van der Waals surface area contributed by atoms with Crippen molar-refractivity contribution in [1.82, 2.24) is 20.3 Å². The van der Waals surface area contributed by atoms with Gasteiger partial charge in [0, 0.05) is 38.2 Å². The van der Waals surface area contributed by atoms with E-state index in [-0.39, 0.29) is 24.1 Å². The van der Waals surface area contributed by atoms with Crippen LogP contribution < -0.4 is 10.8 Å². The minimum Gasteiger partial charge on any atom is -0.364 e. The molecule has 1 unspecified atom stereocenters. The topological polar surface area (TPSA) is 106 Å². The number of carbonyl (C=O) groups excluding carboxylic acids is 2. The van der Waals surface area contributed by atoms with Crippen LogP contribution in [0.3, 0.4) is 0 Å². The first-order chi connectivity index (χ1) is 16.7. The molecule has 2 N–H and O–H groups in total. The molecule has 34 heavy (non-hydrogen) atoms. The highest BCUT2D eigenvalue weighted by Crippen LogP contribution is 2.16. The Labute approximate surface area is 199 Å². The molecule has 2 fully saturated rings. The molecule has 9 heteroatoms. The fraction of sp³-hybridized carbons (Fsp3) is 0.440. The molecule has 2 aromatic rings. The molecule has 2 amide bonds. The second-order valence-corrected chi connectivity index (χ2v) is 8.53. The maximum atomic E-state index is 12.7. The lowest BCUT2D eigenvalue weighted by Gasteiger charge is -2.33. The number of amides is 2. The van der Waals surface area contributed by atoms with Gasteiger partial charge in [0.05, 0.1) is 24.5 Å². The second-order valence-electron chi connectivity index (χ2n) is 8.53. The number of nitrogens with one attached hydrogen (secondary N) is 2. The summed E-state index contributed by atoms with van der Waals surface area (Å²) in [6, 6.07) is 9.93. The lowest BCUT2D eigenvalue weighted by Crippen LogP contribution is -2.45. The SMILES string of the molecule is O=C(C=Cc1cnc(N[C@@H]2CCCN(C(=O)Cc3ccccc3)C2)cn1)NOC1CCCCO1. The molecule has 2 atom stereocenters. The van der Waals surface area contributed by atoms with Gasteiger partial charge in [0.1, 0.15) is 5.82 Å². The highest BCUT2D eigenvalue weighted by molar-refractivity contribution is 5.90. The Morgan fingerprint density at radius 1 is 1.12 bits per heavy atom. The van der Waals surface area contributed by atoms with Crippen LogP contribution >= 0.6 is 0 Å².